The summed E-state index contributed by atoms with van der Waals surface area (Å²) in [4.78, 5) is 0. The van der Waals surface area contributed by atoms with Gasteiger partial charge in [-0.15, -0.1) is 11.6 Å². The molecule has 0 saturated carbocycles. The van der Waals surface area contributed by atoms with Gasteiger partial charge in [-0.3, -0.25) is 0 Å². The van der Waals surface area contributed by atoms with Crippen LogP contribution in [0.4, 0.5) is 0 Å². The smallest absolute Gasteiger partial charge is 0.0438 e. The van der Waals surface area contributed by atoms with Crippen molar-refractivity contribution < 1.29 is 0 Å². The molecule has 0 radical (unpaired) electrons. The highest BCUT2D eigenvalue weighted by Crippen LogP contribution is 2.41. The largest absolute Gasteiger partial charge is 0.126 e. The van der Waals surface area contributed by atoms with E-state index in [2.05, 4.69) is 36.4 Å². The Kier molecular flexibility index (Phi) is 4.05. The Balaban J connectivity index is 2.03. The molecule has 2 heteroatoms. The third kappa shape index (κ3) is 2.47. The zero-order valence-electron chi connectivity index (χ0n) is 11.4. The molecule has 1 aliphatic rings. The first-order valence-electron chi connectivity index (χ1n) is 7.13. The second-order valence-corrected chi connectivity index (χ2v) is 6.37. The summed E-state index contributed by atoms with van der Waals surface area (Å²) in [5, 5.41) is 0.847. The van der Waals surface area contributed by atoms with Gasteiger partial charge in [-0.2, -0.15) is 0 Å². The quantitative estimate of drug-likeness (QED) is 0.666. The van der Waals surface area contributed by atoms with Gasteiger partial charge in [0.2, 0.25) is 0 Å². The lowest BCUT2D eigenvalue weighted by Gasteiger charge is -2.38. The SMILES string of the molecule is ClCC1(Cc2ccccc2Cl)CCCc2ccccc21. The van der Waals surface area contributed by atoms with Crippen LogP contribution in [-0.2, 0) is 18.3 Å². The Morgan fingerprint density at radius 2 is 1.75 bits per heavy atom. The van der Waals surface area contributed by atoms with Crippen LogP contribution in [-0.4, -0.2) is 5.88 Å². The van der Waals surface area contributed by atoms with Crippen LogP contribution >= 0.6 is 23.2 Å². The van der Waals surface area contributed by atoms with Crippen LogP contribution in [0.5, 0.6) is 0 Å². The highest BCUT2D eigenvalue weighted by molar-refractivity contribution is 6.31. The van der Waals surface area contributed by atoms with Gasteiger partial charge < -0.3 is 0 Å². The first kappa shape index (κ1) is 14.0. The summed E-state index contributed by atoms with van der Waals surface area (Å²) in [6, 6.07) is 16.8. The fraction of sp³-hybridized carbons (Fsp3) is 0.333. The number of aryl methyl sites for hydroxylation is 1. The fourth-order valence-corrected chi connectivity index (χ4v) is 3.96. The van der Waals surface area contributed by atoms with Gasteiger partial charge in [-0.25, -0.2) is 0 Å². The van der Waals surface area contributed by atoms with Crippen molar-refractivity contribution in [3.05, 3.63) is 70.2 Å². The number of alkyl halides is 1. The van der Waals surface area contributed by atoms with Gasteiger partial charge in [-0.1, -0.05) is 54.1 Å². The van der Waals surface area contributed by atoms with Crippen molar-refractivity contribution in [1.29, 1.82) is 0 Å². The van der Waals surface area contributed by atoms with Gasteiger partial charge in [0.1, 0.15) is 0 Å². The number of hydrogen-bond acceptors (Lipinski definition) is 0. The van der Waals surface area contributed by atoms with E-state index in [0.29, 0.717) is 5.88 Å². The van der Waals surface area contributed by atoms with Crippen LogP contribution in [0.15, 0.2) is 48.5 Å². The molecule has 1 unspecified atom stereocenters. The van der Waals surface area contributed by atoms with Gasteiger partial charge in [-0.05, 0) is 48.4 Å². The molecule has 1 atom stereocenters. The minimum absolute atomic E-state index is 0.0292. The van der Waals surface area contributed by atoms with Crippen LogP contribution < -0.4 is 0 Å². The van der Waals surface area contributed by atoms with Crippen molar-refractivity contribution in [3.63, 3.8) is 0 Å². The van der Waals surface area contributed by atoms with E-state index < -0.39 is 0 Å². The second-order valence-electron chi connectivity index (χ2n) is 5.69. The molecule has 0 amide bonds. The Hall–Kier alpha value is -0.980. The molecule has 3 rings (SSSR count). The van der Waals surface area contributed by atoms with E-state index in [-0.39, 0.29) is 5.41 Å². The van der Waals surface area contributed by atoms with Gasteiger partial charge in [0, 0.05) is 16.3 Å². The van der Waals surface area contributed by atoms with E-state index >= 15 is 0 Å². The van der Waals surface area contributed by atoms with Crippen LogP contribution in [0, 0.1) is 0 Å². The summed E-state index contributed by atoms with van der Waals surface area (Å²) in [7, 11) is 0. The molecule has 0 nitrogen and oxygen atoms in total. The molecule has 0 fully saturated rings. The van der Waals surface area contributed by atoms with Crippen molar-refractivity contribution in [2.75, 3.05) is 5.88 Å². The predicted molar refractivity (Wildman–Crippen MR) is 86.9 cm³/mol. The molecule has 2 aromatic carbocycles. The Bertz CT molecular complexity index is 606. The first-order chi connectivity index (χ1) is 9.75. The van der Waals surface area contributed by atoms with Gasteiger partial charge in [0.15, 0.2) is 0 Å². The molecule has 0 bridgehead atoms. The molecule has 0 aromatic heterocycles. The van der Waals surface area contributed by atoms with Crippen molar-refractivity contribution in [3.8, 4) is 0 Å². The standard InChI is InChI=1S/C18H18Cl2/c19-13-18(12-15-7-2-4-10-17(15)20)11-5-8-14-6-1-3-9-16(14)18/h1-4,6-7,9-10H,5,8,11-13H2. The number of fused-ring (bicyclic) bond motifs is 1. The van der Waals surface area contributed by atoms with Crippen molar-refractivity contribution in [2.24, 2.45) is 0 Å². The van der Waals surface area contributed by atoms with Gasteiger partial charge >= 0.3 is 0 Å². The molecule has 0 spiro atoms. The van der Waals surface area contributed by atoms with E-state index in [1.807, 2.05) is 12.1 Å². The number of hydrogen-bond donors (Lipinski definition) is 0. The van der Waals surface area contributed by atoms with Crippen LogP contribution in [0.2, 0.25) is 5.02 Å². The normalized spacial score (nSPS) is 21.5. The number of halogens is 2. The van der Waals surface area contributed by atoms with Crippen molar-refractivity contribution in [1.82, 2.24) is 0 Å². The maximum Gasteiger partial charge on any atom is 0.0438 e. The second kappa shape index (κ2) is 5.79. The average Bonchev–Trinajstić information content (AvgIpc) is 2.50. The molecular weight excluding hydrogens is 287 g/mol. The van der Waals surface area contributed by atoms with E-state index in [4.69, 9.17) is 23.2 Å². The summed E-state index contributed by atoms with van der Waals surface area (Å²) in [6.45, 7) is 0. The van der Waals surface area contributed by atoms with E-state index in [1.54, 1.807) is 0 Å². The minimum Gasteiger partial charge on any atom is -0.126 e. The Labute approximate surface area is 130 Å². The lowest BCUT2D eigenvalue weighted by molar-refractivity contribution is 0.396. The van der Waals surface area contributed by atoms with Gasteiger partial charge in [0.05, 0.1) is 0 Å². The molecule has 104 valence electrons. The lowest BCUT2D eigenvalue weighted by Crippen LogP contribution is -2.35. The molecular formula is C18H18Cl2. The lowest BCUT2D eigenvalue weighted by atomic mass is 9.68. The average molecular weight is 305 g/mol. The summed E-state index contributed by atoms with van der Waals surface area (Å²) in [5.74, 6) is 0.648. The van der Waals surface area contributed by atoms with E-state index in [9.17, 15) is 0 Å². The summed E-state index contributed by atoms with van der Waals surface area (Å²) in [6.07, 6.45) is 4.43. The number of rotatable bonds is 3. The summed E-state index contributed by atoms with van der Waals surface area (Å²) >= 11 is 12.8. The highest BCUT2D eigenvalue weighted by atomic mass is 35.5. The molecule has 0 N–H and O–H groups in total. The third-order valence-corrected chi connectivity index (χ3v) is 5.31. The minimum atomic E-state index is 0.0292. The zero-order chi connectivity index (χ0) is 14.0. The van der Waals surface area contributed by atoms with Crippen molar-refractivity contribution >= 4 is 23.2 Å². The molecule has 1 aliphatic carbocycles. The monoisotopic (exact) mass is 304 g/mol. The topological polar surface area (TPSA) is 0 Å². The first-order valence-corrected chi connectivity index (χ1v) is 8.04. The van der Waals surface area contributed by atoms with Crippen LogP contribution in [0.25, 0.3) is 0 Å². The molecule has 2 aromatic rings. The van der Waals surface area contributed by atoms with E-state index in [0.717, 1.165) is 24.3 Å². The molecule has 0 aliphatic heterocycles. The maximum absolute atomic E-state index is 6.42. The fourth-order valence-electron chi connectivity index (χ4n) is 3.38. The molecule has 0 heterocycles. The Morgan fingerprint density at radius 3 is 2.55 bits per heavy atom. The number of benzene rings is 2. The maximum atomic E-state index is 6.42. The Morgan fingerprint density at radius 1 is 1.00 bits per heavy atom. The highest BCUT2D eigenvalue weighted by Gasteiger charge is 2.36. The predicted octanol–water partition coefficient (Wildman–Crippen LogP) is 5.40. The van der Waals surface area contributed by atoms with Crippen molar-refractivity contribution in [2.45, 2.75) is 31.1 Å². The molecule has 0 saturated heterocycles. The third-order valence-electron chi connectivity index (χ3n) is 4.43. The van der Waals surface area contributed by atoms with Gasteiger partial charge in [0.25, 0.3) is 0 Å². The molecule has 20 heavy (non-hydrogen) atoms. The van der Waals surface area contributed by atoms with E-state index in [1.165, 1.54) is 23.1 Å². The van der Waals surface area contributed by atoms with Crippen LogP contribution in [0.1, 0.15) is 29.5 Å². The summed E-state index contributed by atoms with van der Waals surface area (Å²) < 4.78 is 0. The van der Waals surface area contributed by atoms with Crippen LogP contribution in [0.3, 0.4) is 0 Å². The summed E-state index contributed by atoms with van der Waals surface area (Å²) in [5.41, 5.74) is 4.10. The zero-order valence-corrected chi connectivity index (χ0v) is 12.9.